The highest BCUT2D eigenvalue weighted by molar-refractivity contribution is 6.31. The molecule has 0 aliphatic carbocycles. The summed E-state index contributed by atoms with van der Waals surface area (Å²) >= 11 is 5.58. The van der Waals surface area contributed by atoms with Crippen LogP contribution in [0.3, 0.4) is 0 Å². The maximum absolute atomic E-state index is 12.9. The molecule has 140 valence electrons. The Morgan fingerprint density at radius 2 is 1.85 bits per heavy atom. The lowest BCUT2D eigenvalue weighted by atomic mass is 10.2. The summed E-state index contributed by atoms with van der Waals surface area (Å²) in [4.78, 5) is 22.7. The number of hydrogen-bond acceptors (Lipinski definition) is 4. The van der Waals surface area contributed by atoms with Gasteiger partial charge in [-0.3, -0.25) is 4.79 Å². The monoisotopic (exact) mass is 386 g/mol. The standard InChI is InChI=1S/C17H18ClF3N4O/c1-4-25(5-2)15-9-14(22-10(3)23-15)16(26)24-11-6-7-13(18)12(8-11)17(19,20)21/h6-9H,4-5H2,1-3H3,(H,24,26). The molecule has 0 atom stereocenters. The van der Waals surface area contributed by atoms with Crippen LogP contribution in [0.5, 0.6) is 0 Å². The van der Waals surface area contributed by atoms with Gasteiger partial charge in [-0.15, -0.1) is 0 Å². The van der Waals surface area contributed by atoms with E-state index in [-0.39, 0.29) is 11.4 Å². The zero-order valence-corrected chi connectivity index (χ0v) is 15.2. The average Bonchev–Trinajstić information content (AvgIpc) is 2.56. The Morgan fingerprint density at radius 3 is 2.42 bits per heavy atom. The van der Waals surface area contributed by atoms with Gasteiger partial charge in [-0.25, -0.2) is 9.97 Å². The van der Waals surface area contributed by atoms with E-state index >= 15 is 0 Å². The van der Waals surface area contributed by atoms with Gasteiger partial charge in [-0.2, -0.15) is 13.2 Å². The molecule has 0 spiro atoms. The van der Waals surface area contributed by atoms with E-state index in [1.807, 2.05) is 18.7 Å². The van der Waals surface area contributed by atoms with E-state index in [0.29, 0.717) is 24.7 Å². The summed E-state index contributed by atoms with van der Waals surface area (Å²) in [7, 11) is 0. The number of rotatable bonds is 5. The third-order valence-corrected chi connectivity index (χ3v) is 4.00. The molecule has 0 bridgehead atoms. The molecule has 0 fully saturated rings. The van der Waals surface area contributed by atoms with Crippen molar-refractivity contribution in [1.82, 2.24) is 9.97 Å². The molecule has 1 aromatic heterocycles. The Morgan fingerprint density at radius 1 is 1.19 bits per heavy atom. The zero-order valence-electron chi connectivity index (χ0n) is 14.5. The lowest BCUT2D eigenvalue weighted by Crippen LogP contribution is -2.25. The number of nitrogens with zero attached hydrogens (tertiary/aromatic N) is 3. The van der Waals surface area contributed by atoms with Crippen molar-refractivity contribution < 1.29 is 18.0 Å². The van der Waals surface area contributed by atoms with Gasteiger partial charge in [0.1, 0.15) is 17.3 Å². The van der Waals surface area contributed by atoms with Gasteiger partial charge < -0.3 is 10.2 Å². The first-order chi connectivity index (χ1) is 12.2. The first kappa shape index (κ1) is 20.0. The van der Waals surface area contributed by atoms with Crippen LogP contribution in [0.4, 0.5) is 24.7 Å². The van der Waals surface area contributed by atoms with Crippen LogP contribution in [0.2, 0.25) is 5.02 Å². The van der Waals surface area contributed by atoms with Crippen molar-refractivity contribution >= 4 is 29.0 Å². The molecule has 5 nitrogen and oxygen atoms in total. The van der Waals surface area contributed by atoms with Crippen LogP contribution in [0.1, 0.15) is 35.7 Å². The lowest BCUT2D eigenvalue weighted by Gasteiger charge is -2.20. The molecule has 0 radical (unpaired) electrons. The molecule has 1 heterocycles. The number of nitrogens with one attached hydrogen (secondary N) is 1. The largest absolute Gasteiger partial charge is 0.417 e. The predicted molar refractivity (Wildman–Crippen MR) is 94.7 cm³/mol. The number of aromatic nitrogens is 2. The number of alkyl halides is 3. The highest BCUT2D eigenvalue weighted by Gasteiger charge is 2.33. The van der Waals surface area contributed by atoms with Gasteiger partial charge >= 0.3 is 6.18 Å². The van der Waals surface area contributed by atoms with E-state index in [0.717, 1.165) is 12.1 Å². The van der Waals surface area contributed by atoms with Crippen LogP contribution in [0.15, 0.2) is 24.3 Å². The molecule has 0 unspecified atom stereocenters. The van der Waals surface area contributed by atoms with E-state index in [2.05, 4.69) is 15.3 Å². The molecule has 0 aliphatic rings. The fourth-order valence-electron chi connectivity index (χ4n) is 2.39. The molecular weight excluding hydrogens is 369 g/mol. The van der Waals surface area contributed by atoms with Crippen molar-refractivity contribution in [3.8, 4) is 0 Å². The minimum atomic E-state index is -4.61. The minimum Gasteiger partial charge on any atom is -0.357 e. The van der Waals surface area contributed by atoms with E-state index in [1.54, 1.807) is 6.92 Å². The predicted octanol–water partition coefficient (Wildman–Crippen LogP) is 4.56. The van der Waals surface area contributed by atoms with Crippen LogP contribution in [-0.2, 0) is 6.18 Å². The van der Waals surface area contributed by atoms with Gasteiger partial charge in [0.05, 0.1) is 10.6 Å². The normalized spacial score (nSPS) is 11.3. The molecule has 0 saturated carbocycles. The summed E-state index contributed by atoms with van der Waals surface area (Å²) in [5, 5.41) is 1.99. The van der Waals surface area contributed by atoms with Crippen molar-refractivity contribution in [3.63, 3.8) is 0 Å². The van der Waals surface area contributed by atoms with Crippen molar-refractivity contribution in [2.24, 2.45) is 0 Å². The van der Waals surface area contributed by atoms with E-state index < -0.39 is 22.7 Å². The molecule has 1 amide bonds. The van der Waals surface area contributed by atoms with Crippen molar-refractivity contribution in [2.75, 3.05) is 23.3 Å². The zero-order chi connectivity index (χ0) is 19.5. The number of carbonyl (C=O) groups is 1. The van der Waals surface area contributed by atoms with Crippen molar-refractivity contribution in [1.29, 1.82) is 0 Å². The molecule has 1 aromatic carbocycles. The molecule has 0 saturated heterocycles. The Labute approximate surface area is 154 Å². The molecular formula is C17H18ClF3N4O. The summed E-state index contributed by atoms with van der Waals surface area (Å²) in [5.74, 6) is 0.353. The summed E-state index contributed by atoms with van der Waals surface area (Å²) in [6, 6.07) is 4.69. The summed E-state index contributed by atoms with van der Waals surface area (Å²) in [6.07, 6.45) is -4.61. The maximum atomic E-state index is 12.9. The van der Waals surface area contributed by atoms with E-state index in [1.165, 1.54) is 12.1 Å². The van der Waals surface area contributed by atoms with Crippen LogP contribution in [0, 0.1) is 6.92 Å². The van der Waals surface area contributed by atoms with Gasteiger partial charge in [0, 0.05) is 24.8 Å². The average molecular weight is 387 g/mol. The SMILES string of the molecule is CCN(CC)c1cc(C(=O)Nc2ccc(Cl)c(C(F)(F)F)c2)nc(C)n1. The Balaban J connectivity index is 2.31. The number of anilines is 2. The second-order valence-electron chi connectivity index (χ2n) is 5.48. The van der Waals surface area contributed by atoms with Gasteiger partial charge in [0.25, 0.3) is 5.91 Å². The Kier molecular flexibility index (Phi) is 6.07. The fraction of sp³-hybridized carbons (Fsp3) is 0.353. The van der Waals surface area contributed by atoms with Gasteiger partial charge in [-0.05, 0) is 39.0 Å². The topological polar surface area (TPSA) is 58.1 Å². The summed E-state index contributed by atoms with van der Waals surface area (Å²) < 4.78 is 38.8. The second kappa shape index (κ2) is 7.90. The van der Waals surface area contributed by atoms with Crippen LogP contribution in [-0.4, -0.2) is 29.0 Å². The number of carbonyl (C=O) groups excluding carboxylic acids is 1. The Bertz CT molecular complexity index is 807. The smallest absolute Gasteiger partial charge is 0.357 e. The third kappa shape index (κ3) is 4.63. The van der Waals surface area contributed by atoms with Crippen LogP contribution in [0.25, 0.3) is 0 Å². The number of amides is 1. The van der Waals surface area contributed by atoms with Gasteiger partial charge in [-0.1, -0.05) is 11.6 Å². The molecule has 9 heteroatoms. The lowest BCUT2D eigenvalue weighted by molar-refractivity contribution is -0.137. The number of aryl methyl sites for hydroxylation is 1. The highest BCUT2D eigenvalue weighted by atomic mass is 35.5. The third-order valence-electron chi connectivity index (χ3n) is 3.67. The quantitative estimate of drug-likeness (QED) is 0.818. The number of halogens is 4. The van der Waals surface area contributed by atoms with Crippen molar-refractivity contribution in [3.05, 3.63) is 46.4 Å². The number of benzene rings is 1. The Hall–Kier alpha value is -2.35. The molecule has 1 N–H and O–H groups in total. The van der Waals surface area contributed by atoms with Crippen LogP contribution < -0.4 is 10.2 Å². The van der Waals surface area contributed by atoms with Gasteiger partial charge in [0.15, 0.2) is 0 Å². The molecule has 2 aromatic rings. The summed E-state index contributed by atoms with van der Waals surface area (Å²) in [6.45, 7) is 6.94. The van der Waals surface area contributed by atoms with E-state index in [9.17, 15) is 18.0 Å². The fourth-order valence-corrected chi connectivity index (χ4v) is 2.62. The maximum Gasteiger partial charge on any atom is 0.417 e. The first-order valence-corrected chi connectivity index (χ1v) is 8.32. The van der Waals surface area contributed by atoms with E-state index in [4.69, 9.17) is 11.6 Å². The molecule has 2 rings (SSSR count). The van der Waals surface area contributed by atoms with Crippen molar-refractivity contribution in [2.45, 2.75) is 26.9 Å². The molecule has 26 heavy (non-hydrogen) atoms. The number of hydrogen-bond donors (Lipinski definition) is 1. The highest BCUT2D eigenvalue weighted by Crippen LogP contribution is 2.36. The second-order valence-corrected chi connectivity index (χ2v) is 5.88. The first-order valence-electron chi connectivity index (χ1n) is 7.94. The minimum absolute atomic E-state index is 0.0209. The van der Waals surface area contributed by atoms with Gasteiger partial charge in [0.2, 0.25) is 0 Å². The molecule has 0 aliphatic heterocycles. The van der Waals surface area contributed by atoms with Crippen LogP contribution >= 0.6 is 11.6 Å². The summed E-state index contributed by atoms with van der Waals surface area (Å²) in [5.41, 5.74) is -0.963.